The van der Waals surface area contributed by atoms with E-state index in [9.17, 15) is 0 Å². The molecular weight excluding hydrogens is 236 g/mol. The van der Waals surface area contributed by atoms with Crippen LogP contribution in [0.3, 0.4) is 0 Å². The second kappa shape index (κ2) is 4.80. The molecule has 3 unspecified atom stereocenters. The standard InChI is InChI=1S/C16H24N2O/c1-12-7-13-5-3-4-6-14(13)18(8-12)10-16(2)11-19-9-15(16)17/h3-6,12,15H,7-11,17H2,1-2H3. The van der Waals surface area contributed by atoms with Crippen molar-refractivity contribution >= 4 is 5.69 Å². The van der Waals surface area contributed by atoms with Crippen LogP contribution in [0.4, 0.5) is 5.69 Å². The summed E-state index contributed by atoms with van der Waals surface area (Å²) in [5.41, 5.74) is 9.17. The molecule has 19 heavy (non-hydrogen) atoms. The van der Waals surface area contributed by atoms with E-state index in [1.165, 1.54) is 17.7 Å². The predicted molar refractivity (Wildman–Crippen MR) is 78.4 cm³/mol. The van der Waals surface area contributed by atoms with Gasteiger partial charge < -0.3 is 15.4 Å². The molecule has 0 saturated carbocycles. The van der Waals surface area contributed by atoms with Gasteiger partial charge in [0, 0.05) is 30.2 Å². The molecule has 2 aliphatic rings. The van der Waals surface area contributed by atoms with E-state index in [0.29, 0.717) is 12.5 Å². The number of hydrogen-bond donors (Lipinski definition) is 1. The molecule has 3 rings (SSSR count). The maximum absolute atomic E-state index is 6.23. The van der Waals surface area contributed by atoms with Crippen LogP contribution >= 0.6 is 0 Å². The Morgan fingerprint density at radius 3 is 2.95 bits per heavy atom. The van der Waals surface area contributed by atoms with Gasteiger partial charge in [0.15, 0.2) is 0 Å². The average molecular weight is 260 g/mol. The molecule has 0 spiro atoms. The molecule has 2 aliphatic heterocycles. The molecule has 3 nitrogen and oxygen atoms in total. The van der Waals surface area contributed by atoms with Crippen molar-refractivity contribution in [1.29, 1.82) is 0 Å². The van der Waals surface area contributed by atoms with Crippen LogP contribution in [0.25, 0.3) is 0 Å². The quantitative estimate of drug-likeness (QED) is 0.884. The summed E-state index contributed by atoms with van der Waals surface area (Å²) in [5.74, 6) is 0.706. The minimum absolute atomic E-state index is 0.0736. The summed E-state index contributed by atoms with van der Waals surface area (Å²) < 4.78 is 5.58. The lowest BCUT2D eigenvalue weighted by Gasteiger charge is -2.40. The van der Waals surface area contributed by atoms with Crippen LogP contribution in [0.1, 0.15) is 19.4 Å². The van der Waals surface area contributed by atoms with E-state index in [4.69, 9.17) is 10.5 Å². The molecule has 104 valence electrons. The first-order valence-corrected chi connectivity index (χ1v) is 7.25. The Kier molecular flexibility index (Phi) is 3.27. The molecule has 0 bridgehead atoms. The highest BCUT2D eigenvalue weighted by atomic mass is 16.5. The molecule has 2 heterocycles. The molecule has 1 aromatic rings. The lowest BCUT2D eigenvalue weighted by molar-refractivity contribution is 0.161. The Labute approximate surface area is 115 Å². The summed E-state index contributed by atoms with van der Waals surface area (Å²) in [7, 11) is 0. The molecule has 3 heteroatoms. The van der Waals surface area contributed by atoms with Crippen molar-refractivity contribution in [3.8, 4) is 0 Å². The monoisotopic (exact) mass is 260 g/mol. The van der Waals surface area contributed by atoms with Crippen molar-refractivity contribution in [3.05, 3.63) is 29.8 Å². The first-order valence-electron chi connectivity index (χ1n) is 7.25. The van der Waals surface area contributed by atoms with E-state index in [0.717, 1.165) is 19.7 Å². The normalized spacial score (nSPS) is 34.4. The van der Waals surface area contributed by atoms with Gasteiger partial charge in [-0.3, -0.25) is 0 Å². The SMILES string of the molecule is CC1Cc2ccccc2N(CC2(C)COCC2N)C1. The maximum Gasteiger partial charge on any atom is 0.0624 e. The van der Waals surface area contributed by atoms with Gasteiger partial charge in [-0.05, 0) is 24.0 Å². The summed E-state index contributed by atoms with van der Waals surface area (Å²) >= 11 is 0. The Bertz CT molecular complexity index is 462. The molecule has 1 fully saturated rings. The third-order valence-corrected chi connectivity index (χ3v) is 4.61. The van der Waals surface area contributed by atoms with E-state index < -0.39 is 0 Å². The van der Waals surface area contributed by atoms with Gasteiger partial charge in [-0.15, -0.1) is 0 Å². The predicted octanol–water partition coefficient (Wildman–Crippen LogP) is 2.05. The van der Waals surface area contributed by atoms with E-state index in [1.807, 2.05) is 0 Å². The number of para-hydroxylation sites is 1. The zero-order valence-corrected chi connectivity index (χ0v) is 11.9. The Morgan fingerprint density at radius 2 is 2.21 bits per heavy atom. The van der Waals surface area contributed by atoms with E-state index in [2.05, 4.69) is 43.0 Å². The fraction of sp³-hybridized carbons (Fsp3) is 0.625. The van der Waals surface area contributed by atoms with Gasteiger partial charge in [-0.1, -0.05) is 32.0 Å². The third-order valence-electron chi connectivity index (χ3n) is 4.61. The van der Waals surface area contributed by atoms with E-state index in [1.54, 1.807) is 0 Å². The summed E-state index contributed by atoms with van der Waals surface area (Å²) in [6, 6.07) is 8.92. The van der Waals surface area contributed by atoms with Crippen molar-refractivity contribution in [2.45, 2.75) is 26.3 Å². The summed E-state index contributed by atoms with van der Waals surface area (Å²) in [5, 5.41) is 0. The topological polar surface area (TPSA) is 38.5 Å². The molecular formula is C16H24N2O. The highest BCUT2D eigenvalue weighted by Crippen LogP contribution is 2.35. The number of nitrogens with zero attached hydrogens (tertiary/aromatic N) is 1. The number of anilines is 1. The molecule has 1 aromatic carbocycles. The van der Waals surface area contributed by atoms with Crippen LogP contribution in [0.15, 0.2) is 24.3 Å². The Morgan fingerprint density at radius 1 is 1.42 bits per heavy atom. The smallest absolute Gasteiger partial charge is 0.0624 e. The number of ether oxygens (including phenoxy) is 1. The number of fused-ring (bicyclic) bond motifs is 1. The number of nitrogens with two attached hydrogens (primary N) is 1. The number of hydrogen-bond acceptors (Lipinski definition) is 3. The molecule has 0 amide bonds. The fourth-order valence-electron chi connectivity index (χ4n) is 3.38. The van der Waals surface area contributed by atoms with E-state index >= 15 is 0 Å². The van der Waals surface area contributed by atoms with Gasteiger partial charge in [0.2, 0.25) is 0 Å². The highest BCUT2D eigenvalue weighted by molar-refractivity contribution is 5.56. The van der Waals surface area contributed by atoms with Crippen molar-refractivity contribution < 1.29 is 4.74 Å². The van der Waals surface area contributed by atoms with Crippen molar-refractivity contribution in [2.75, 3.05) is 31.2 Å². The van der Waals surface area contributed by atoms with Crippen LogP contribution in [0, 0.1) is 11.3 Å². The fourth-order valence-corrected chi connectivity index (χ4v) is 3.38. The molecule has 0 aromatic heterocycles. The summed E-state index contributed by atoms with van der Waals surface area (Å²) in [4.78, 5) is 2.51. The maximum atomic E-state index is 6.23. The van der Waals surface area contributed by atoms with Gasteiger partial charge in [-0.2, -0.15) is 0 Å². The molecule has 0 aliphatic carbocycles. The lowest BCUT2D eigenvalue weighted by Crippen LogP contribution is -2.49. The van der Waals surface area contributed by atoms with Crippen LogP contribution in [-0.4, -0.2) is 32.3 Å². The van der Waals surface area contributed by atoms with Gasteiger partial charge in [0.05, 0.1) is 13.2 Å². The van der Waals surface area contributed by atoms with Crippen LogP contribution < -0.4 is 10.6 Å². The second-order valence-electron chi connectivity index (χ2n) is 6.59. The zero-order valence-electron chi connectivity index (χ0n) is 11.9. The summed E-state index contributed by atoms with van der Waals surface area (Å²) in [6.45, 7) is 8.18. The average Bonchev–Trinajstić information content (AvgIpc) is 2.69. The van der Waals surface area contributed by atoms with Crippen molar-refractivity contribution in [2.24, 2.45) is 17.1 Å². The first kappa shape index (κ1) is 12.9. The van der Waals surface area contributed by atoms with Crippen LogP contribution in [-0.2, 0) is 11.2 Å². The molecule has 3 atom stereocenters. The Hall–Kier alpha value is -1.06. The molecule has 1 saturated heterocycles. The summed E-state index contributed by atoms with van der Waals surface area (Å²) in [6.07, 6.45) is 1.19. The Balaban J connectivity index is 1.85. The minimum atomic E-state index is 0.0736. The molecule has 0 radical (unpaired) electrons. The van der Waals surface area contributed by atoms with Crippen LogP contribution in [0.5, 0.6) is 0 Å². The highest BCUT2D eigenvalue weighted by Gasteiger charge is 2.40. The second-order valence-corrected chi connectivity index (χ2v) is 6.59. The third kappa shape index (κ3) is 2.37. The van der Waals surface area contributed by atoms with Crippen LogP contribution in [0.2, 0.25) is 0 Å². The van der Waals surface area contributed by atoms with Crippen molar-refractivity contribution in [3.63, 3.8) is 0 Å². The van der Waals surface area contributed by atoms with Gasteiger partial charge in [0.25, 0.3) is 0 Å². The van der Waals surface area contributed by atoms with Gasteiger partial charge in [0.1, 0.15) is 0 Å². The van der Waals surface area contributed by atoms with Gasteiger partial charge >= 0.3 is 0 Å². The van der Waals surface area contributed by atoms with E-state index in [-0.39, 0.29) is 11.5 Å². The minimum Gasteiger partial charge on any atom is -0.379 e. The lowest BCUT2D eigenvalue weighted by atomic mass is 9.83. The first-order chi connectivity index (χ1) is 9.08. The molecule has 2 N–H and O–H groups in total. The largest absolute Gasteiger partial charge is 0.379 e. The van der Waals surface area contributed by atoms with Gasteiger partial charge in [-0.25, -0.2) is 0 Å². The number of benzene rings is 1. The number of rotatable bonds is 2. The zero-order chi connectivity index (χ0) is 13.5. The van der Waals surface area contributed by atoms with Crippen molar-refractivity contribution in [1.82, 2.24) is 0 Å².